The van der Waals surface area contributed by atoms with Crippen LogP contribution in [0.3, 0.4) is 0 Å². The molecule has 0 amide bonds. The minimum absolute atomic E-state index is 0.0446. The minimum Gasteiger partial charge on any atom is -0.463 e. The molecule has 0 N–H and O–H groups in total. The fraction of sp³-hybridized carbons (Fsp3) is 0.571. The van der Waals surface area contributed by atoms with Crippen molar-refractivity contribution in [2.75, 3.05) is 6.61 Å². The van der Waals surface area contributed by atoms with Crippen molar-refractivity contribution in [3.05, 3.63) is 0 Å². The lowest BCUT2D eigenvalue weighted by molar-refractivity contribution is -0.164. The average Bonchev–Trinajstić information content (AvgIpc) is 1.99. The van der Waals surface area contributed by atoms with Gasteiger partial charge in [-0.2, -0.15) is 0 Å². The molecule has 0 aromatic heterocycles. The zero-order chi connectivity index (χ0) is 9.56. The number of ketones is 1. The van der Waals surface area contributed by atoms with E-state index in [1.807, 2.05) is 0 Å². The molecule has 0 aromatic carbocycles. The zero-order valence-corrected chi connectivity index (χ0v) is 6.90. The summed E-state index contributed by atoms with van der Waals surface area (Å²) in [4.78, 5) is 31.4. The summed E-state index contributed by atoms with van der Waals surface area (Å²) in [5, 5.41) is 0. The Morgan fingerprint density at radius 3 is 2.42 bits per heavy atom. The first-order chi connectivity index (χ1) is 5.63. The lowest BCUT2D eigenvalue weighted by Gasteiger charge is -2.09. The highest BCUT2D eigenvalue weighted by Gasteiger charge is 2.25. The summed E-state index contributed by atoms with van der Waals surface area (Å²) in [6, 6.07) is 0. The molecule has 5 heteroatoms. The summed E-state index contributed by atoms with van der Waals surface area (Å²) in [5.41, 5.74) is 0. The van der Waals surface area contributed by atoms with E-state index in [0.29, 0.717) is 0 Å². The third-order valence-corrected chi connectivity index (χ3v) is 1.06. The Kier molecular flexibility index (Phi) is 4.67. The predicted molar refractivity (Wildman–Crippen MR) is 38.3 cm³/mol. The van der Waals surface area contributed by atoms with E-state index in [-0.39, 0.29) is 13.1 Å². The van der Waals surface area contributed by atoms with Gasteiger partial charge in [0.05, 0.1) is 6.61 Å². The Bertz CT molecular complexity index is 186. The molecule has 0 fully saturated rings. The van der Waals surface area contributed by atoms with Gasteiger partial charge >= 0.3 is 5.97 Å². The Labute approximate surface area is 69.6 Å². The molecule has 0 aliphatic rings. The van der Waals surface area contributed by atoms with E-state index >= 15 is 0 Å². The molecule has 0 saturated heterocycles. The Morgan fingerprint density at radius 2 is 2.08 bits per heavy atom. The average molecular weight is 174 g/mol. The molecule has 0 aromatic rings. The van der Waals surface area contributed by atoms with Crippen molar-refractivity contribution in [1.82, 2.24) is 0 Å². The number of carbonyl (C=O) groups excluding carboxylic acids is 3. The van der Waals surface area contributed by atoms with Crippen LogP contribution in [0.15, 0.2) is 0 Å². The van der Waals surface area contributed by atoms with Crippen molar-refractivity contribution < 1.29 is 23.9 Å². The summed E-state index contributed by atoms with van der Waals surface area (Å²) >= 11 is 0. The topological polar surface area (TPSA) is 69.7 Å². The van der Waals surface area contributed by atoms with E-state index < -0.39 is 17.9 Å². The quantitative estimate of drug-likeness (QED) is 0.324. The molecular weight excluding hydrogens is 164 g/mol. The Hall–Kier alpha value is -1.39. The first kappa shape index (κ1) is 10.6. The summed E-state index contributed by atoms with van der Waals surface area (Å²) in [7, 11) is 0. The number of hydrogen-bond donors (Lipinski definition) is 0. The largest absolute Gasteiger partial charge is 0.463 e. The van der Waals surface area contributed by atoms with Crippen molar-refractivity contribution in [3.8, 4) is 0 Å². The van der Waals surface area contributed by atoms with Crippen molar-refractivity contribution in [1.29, 1.82) is 0 Å². The van der Waals surface area contributed by atoms with Crippen molar-refractivity contribution in [2.24, 2.45) is 0 Å². The maximum absolute atomic E-state index is 10.8. The van der Waals surface area contributed by atoms with Gasteiger partial charge in [0.25, 0.3) is 12.6 Å². The smallest absolute Gasteiger partial charge is 0.355 e. The highest BCUT2D eigenvalue weighted by Crippen LogP contribution is 1.95. The molecule has 12 heavy (non-hydrogen) atoms. The number of ether oxygens (including phenoxy) is 2. The second kappa shape index (κ2) is 5.29. The van der Waals surface area contributed by atoms with Gasteiger partial charge in [-0.1, -0.05) is 0 Å². The van der Waals surface area contributed by atoms with Crippen LogP contribution in [-0.4, -0.2) is 30.9 Å². The molecule has 68 valence electrons. The second-order valence-electron chi connectivity index (χ2n) is 1.98. The van der Waals surface area contributed by atoms with Crippen molar-refractivity contribution in [3.63, 3.8) is 0 Å². The molecule has 0 saturated carbocycles. The fourth-order valence-corrected chi connectivity index (χ4v) is 0.591. The zero-order valence-electron chi connectivity index (χ0n) is 6.90. The standard InChI is InChI=1S/C7H10O5/c1-3-11-7(10)6(5(2)9)12-4-8/h4,6H,3H2,1-2H3. The van der Waals surface area contributed by atoms with Gasteiger partial charge < -0.3 is 9.47 Å². The van der Waals surface area contributed by atoms with Crippen LogP contribution in [0, 0.1) is 0 Å². The van der Waals surface area contributed by atoms with Crippen LogP contribution in [0.1, 0.15) is 13.8 Å². The van der Waals surface area contributed by atoms with Crippen LogP contribution in [0.25, 0.3) is 0 Å². The maximum atomic E-state index is 10.8. The number of hydrogen-bond acceptors (Lipinski definition) is 5. The van der Waals surface area contributed by atoms with Gasteiger partial charge in [0.2, 0.25) is 0 Å². The molecule has 5 nitrogen and oxygen atoms in total. The summed E-state index contributed by atoms with van der Waals surface area (Å²) < 4.78 is 8.69. The van der Waals surface area contributed by atoms with Gasteiger partial charge in [-0.15, -0.1) is 0 Å². The Morgan fingerprint density at radius 1 is 1.50 bits per heavy atom. The summed E-state index contributed by atoms with van der Waals surface area (Å²) in [5.74, 6) is -1.39. The maximum Gasteiger partial charge on any atom is 0.355 e. The molecule has 0 radical (unpaired) electrons. The van der Waals surface area contributed by atoms with Crippen molar-refractivity contribution in [2.45, 2.75) is 20.0 Å². The van der Waals surface area contributed by atoms with E-state index in [1.54, 1.807) is 6.92 Å². The van der Waals surface area contributed by atoms with E-state index in [2.05, 4.69) is 9.47 Å². The van der Waals surface area contributed by atoms with Gasteiger partial charge in [0.15, 0.2) is 5.78 Å². The molecule has 0 aliphatic heterocycles. The normalized spacial score (nSPS) is 11.5. The van der Waals surface area contributed by atoms with Crippen LogP contribution in [0.2, 0.25) is 0 Å². The number of esters is 1. The molecule has 0 aliphatic carbocycles. The summed E-state index contributed by atoms with van der Waals surface area (Å²) in [6.45, 7) is 2.93. The monoisotopic (exact) mass is 174 g/mol. The third kappa shape index (κ3) is 3.14. The second-order valence-corrected chi connectivity index (χ2v) is 1.98. The first-order valence-corrected chi connectivity index (χ1v) is 3.39. The van der Waals surface area contributed by atoms with Gasteiger partial charge in [-0.05, 0) is 13.8 Å². The molecule has 0 bridgehead atoms. The van der Waals surface area contributed by atoms with Crippen LogP contribution >= 0.6 is 0 Å². The fourth-order valence-electron chi connectivity index (χ4n) is 0.591. The van der Waals surface area contributed by atoms with Gasteiger partial charge in [0, 0.05) is 0 Å². The predicted octanol–water partition coefficient (Wildman–Crippen LogP) is -0.320. The van der Waals surface area contributed by atoms with Crippen LogP contribution in [0.4, 0.5) is 0 Å². The Balaban J connectivity index is 4.18. The van der Waals surface area contributed by atoms with E-state index in [4.69, 9.17) is 0 Å². The van der Waals surface area contributed by atoms with E-state index in [9.17, 15) is 14.4 Å². The molecular formula is C7H10O5. The van der Waals surface area contributed by atoms with E-state index in [0.717, 1.165) is 6.92 Å². The molecule has 0 heterocycles. The highest BCUT2D eigenvalue weighted by atomic mass is 16.6. The summed E-state index contributed by atoms with van der Waals surface area (Å²) in [6.07, 6.45) is -1.41. The number of carbonyl (C=O) groups is 3. The molecule has 1 unspecified atom stereocenters. The van der Waals surface area contributed by atoms with Gasteiger partial charge in [0.1, 0.15) is 0 Å². The third-order valence-electron chi connectivity index (χ3n) is 1.06. The van der Waals surface area contributed by atoms with Gasteiger partial charge in [-0.3, -0.25) is 9.59 Å². The highest BCUT2D eigenvalue weighted by molar-refractivity contribution is 6.01. The SMILES string of the molecule is CCOC(=O)C(OC=O)C(C)=O. The number of Topliss-reactive ketones (excluding diaryl/α,β-unsaturated/α-hetero) is 1. The van der Waals surface area contributed by atoms with Crippen LogP contribution in [-0.2, 0) is 23.9 Å². The molecule has 1 atom stereocenters. The number of rotatable bonds is 5. The first-order valence-electron chi connectivity index (χ1n) is 3.39. The molecule has 0 rings (SSSR count). The van der Waals surface area contributed by atoms with Gasteiger partial charge in [-0.25, -0.2) is 4.79 Å². The molecule has 0 spiro atoms. The van der Waals surface area contributed by atoms with Crippen molar-refractivity contribution >= 4 is 18.2 Å². The van der Waals surface area contributed by atoms with E-state index in [1.165, 1.54) is 0 Å². The minimum atomic E-state index is -1.41. The van der Waals surface area contributed by atoms with Crippen LogP contribution in [0.5, 0.6) is 0 Å². The lowest BCUT2D eigenvalue weighted by Crippen LogP contribution is -2.32. The lowest BCUT2D eigenvalue weighted by atomic mass is 10.2. The van der Waals surface area contributed by atoms with Crippen LogP contribution < -0.4 is 0 Å².